The number of nitrogens with zero attached hydrogens (tertiary/aromatic N) is 2. The highest BCUT2D eigenvalue weighted by Crippen LogP contribution is 2.33. The molecule has 6 nitrogen and oxygen atoms in total. The van der Waals surface area contributed by atoms with Crippen LogP contribution in [-0.4, -0.2) is 21.4 Å². The summed E-state index contributed by atoms with van der Waals surface area (Å²) in [7, 11) is 0. The summed E-state index contributed by atoms with van der Waals surface area (Å²) in [6, 6.07) is 2.25. The number of nitrogens with one attached hydrogen (secondary N) is 1. The van der Waals surface area contributed by atoms with Crippen LogP contribution in [0.4, 0.5) is 13.2 Å². The van der Waals surface area contributed by atoms with Gasteiger partial charge < -0.3 is 0 Å². The molecule has 2 heterocycles. The van der Waals surface area contributed by atoms with E-state index in [1.54, 1.807) is 0 Å². The summed E-state index contributed by atoms with van der Waals surface area (Å²) >= 11 is 0. The largest absolute Gasteiger partial charge is 0.418 e. The van der Waals surface area contributed by atoms with E-state index >= 15 is 0 Å². The molecule has 1 aromatic carbocycles. The van der Waals surface area contributed by atoms with E-state index in [1.165, 1.54) is 13.0 Å². The van der Waals surface area contributed by atoms with Crippen molar-refractivity contribution in [1.82, 2.24) is 14.9 Å². The van der Waals surface area contributed by atoms with Gasteiger partial charge in [-0.25, -0.2) is 4.98 Å². The summed E-state index contributed by atoms with van der Waals surface area (Å²) < 4.78 is 40.5. The Balaban J connectivity index is 2.23. The van der Waals surface area contributed by atoms with E-state index in [9.17, 15) is 27.6 Å². The van der Waals surface area contributed by atoms with Crippen LogP contribution < -0.4 is 10.9 Å². The molecule has 1 aromatic heterocycles. The minimum Gasteiger partial charge on any atom is -0.295 e. The fourth-order valence-electron chi connectivity index (χ4n) is 3.04. The number of carbonyl (C=O) groups is 2. The number of para-hydroxylation sites is 1. The highest BCUT2D eigenvalue weighted by molar-refractivity contribution is 5.98. The third-order valence-corrected chi connectivity index (χ3v) is 4.17. The van der Waals surface area contributed by atoms with Gasteiger partial charge in [-0.05, 0) is 31.9 Å². The minimum absolute atomic E-state index is 0.0105. The van der Waals surface area contributed by atoms with Gasteiger partial charge in [0.15, 0.2) is 0 Å². The average Bonchev–Trinajstić information content (AvgIpc) is 2.67. The number of alkyl halides is 3. The molecule has 1 N–H and O–H groups in total. The Hall–Kier alpha value is -2.71. The lowest BCUT2D eigenvalue weighted by atomic mass is 10.1. The minimum atomic E-state index is -4.65. The zero-order valence-corrected chi connectivity index (χ0v) is 13.2. The maximum atomic E-state index is 13.1. The molecular formula is C16H14F3N3O3. The molecule has 1 atom stereocenters. The number of aromatic nitrogens is 2. The van der Waals surface area contributed by atoms with Gasteiger partial charge in [0.25, 0.3) is 5.56 Å². The summed E-state index contributed by atoms with van der Waals surface area (Å²) in [6.45, 7) is 1.37. The second-order valence-electron chi connectivity index (χ2n) is 5.85. The van der Waals surface area contributed by atoms with Crippen LogP contribution >= 0.6 is 0 Å². The Kier molecular flexibility index (Phi) is 4.09. The van der Waals surface area contributed by atoms with Gasteiger partial charge in [0.05, 0.1) is 16.5 Å². The predicted molar refractivity (Wildman–Crippen MR) is 81.8 cm³/mol. The summed E-state index contributed by atoms with van der Waals surface area (Å²) in [4.78, 5) is 40.3. The zero-order valence-electron chi connectivity index (χ0n) is 13.2. The number of aryl methyl sites for hydroxylation is 1. The van der Waals surface area contributed by atoms with Gasteiger partial charge in [0, 0.05) is 6.42 Å². The van der Waals surface area contributed by atoms with Crippen molar-refractivity contribution < 1.29 is 22.8 Å². The lowest BCUT2D eigenvalue weighted by molar-refractivity contribution is -0.136. The van der Waals surface area contributed by atoms with Crippen molar-refractivity contribution in [2.24, 2.45) is 0 Å². The van der Waals surface area contributed by atoms with Crippen LogP contribution in [0.3, 0.4) is 0 Å². The molecule has 2 amide bonds. The van der Waals surface area contributed by atoms with E-state index in [2.05, 4.69) is 10.3 Å². The summed E-state index contributed by atoms with van der Waals surface area (Å²) in [6.07, 6.45) is -3.89. The van der Waals surface area contributed by atoms with Crippen molar-refractivity contribution in [1.29, 1.82) is 0 Å². The monoisotopic (exact) mass is 353 g/mol. The molecule has 0 bridgehead atoms. The number of benzene rings is 1. The summed E-state index contributed by atoms with van der Waals surface area (Å²) in [5.41, 5.74) is -2.18. The van der Waals surface area contributed by atoms with Gasteiger partial charge in [-0.3, -0.25) is 24.3 Å². The molecule has 1 fully saturated rings. The Morgan fingerprint density at radius 2 is 1.96 bits per heavy atom. The number of carbonyl (C=O) groups excluding carboxylic acids is 2. The Morgan fingerprint density at radius 1 is 1.24 bits per heavy atom. The predicted octanol–water partition coefficient (Wildman–Crippen LogP) is 2.09. The van der Waals surface area contributed by atoms with Crippen molar-refractivity contribution in [3.05, 3.63) is 39.9 Å². The second kappa shape index (κ2) is 5.98. The van der Waals surface area contributed by atoms with Crippen LogP contribution in [0.2, 0.25) is 0 Å². The van der Waals surface area contributed by atoms with E-state index < -0.39 is 40.7 Å². The quantitative estimate of drug-likeness (QED) is 0.796. The average molecular weight is 353 g/mol. The maximum absolute atomic E-state index is 13.1. The van der Waals surface area contributed by atoms with E-state index in [0.717, 1.165) is 16.7 Å². The molecule has 0 aliphatic carbocycles. The van der Waals surface area contributed by atoms with Crippen LogP contribution in [0.25, 0.3) is 10.9 Å². The first-order valence-corrected chi connectivity index (χ1v) is 7.63. The van der Waals surface area contributed by atoms with Crippen LogP contribution in [0.5, 0.6) is 0 Å². The van der Waals surface area contributed by atoms with E-state index in [0.29, 0.717) is 6.42 Å². The number of hydrogen-bond donors (Lipinski definition) is 1. The number of imide groups is 1. The first-order chi connectivity index (χ1) is 11.7. The molecule has 132 valence electrons. The molecular weight excluding hydrogens is 339 g/mol. The first-order valence-electron chi connectivity index (χ1n) is 7.63. The molecule has 0 radical (unpaired) electrons. The Labute approximate surface area is 139 Å². The highest BCUT2D eigenvalue weighted by Gasteiger charge is 2.35. The van der Waals surface area contributed by atoms with E-state index in [-0.39, 0.29) is 24.1 Å². The smallest absolute Gasteiger partial charge is 0.295 e. The second-order valence-corrected chi connectivity index (χ2v) is 5.85. The van der Waals surface area contributed by atoms with Gasteiger partial charge in [0.1, 0.15) is 11.9 Å². The molecule has 0 spiro atoms. The number of halogens is 3. The van der Waals surface area contributed by atoms with Crippen LogP contribution in [0.15, 0.2) is 23.0 Å². The molecule has 25 heavy (non-hydrogen) atoms. The Bertz CT molecular complexity index is 934. The van der Waals surface area contributed by atoms with Gasteiger partial charge in [0.2, 0.25) is 11.8 Å². The maximum Gasteiger partial charge on any atom is 0.418 e. The van der Waals surface area contributed by atoms with Crippen molar-refractivity contribution in [2.75, 3.05) is 0 Å². The zero-order chi connectivity index (χ0) is 18.4. The summed E-state index contributed by atoms with van der Waals surface area (Å²) in [5.74, 6) is -1.10. The van der Waals surface area contributed by atoms with Gasteiger partial charge in [-0.2, -0.15) is 13.2 Å². The molecule has 2 aromatic rings. The SMILES string of the molecule is Cc1nc2c(C(F)(F)F)cccc2c(=O)n1C1CCCC(=O)NC1=O. The topological polar surface area (TPSA) is 81.1 Å². The highest BCUT2D eigenvalue weighted by atomic mass is 19.4. The molecule has 1 aliphatic rings. The van der Waals surface area contributed by atoms with Crippen LogP contribution in [0.1, 0.15) is 36.7 Å². The summed E-state index contributed by atoms with van der Waals surface area (Å²) in [5, 5.41) is 1.96. The lowest BCUT2D eigenvalue weighted by Crippen LogP contribution is -2.39. The lowest BCUT2D eigenvalue weighted by Gasteiger charge is -2.20. The third kappa shape index (κ3) is 3.01. The molecule has 3 rings (SSSR count). The van der Waals surface area contributed by atoms with E-state index in [1.807, 2.05) is 0 Å². The van der Waals surface area contributed by atoms with Crippen LogP contribution in [0, 0.1) is 6.92 Å². The van der Waals surface area contributed by atoms with Crippen molar-refractivity contribution in [2.45, 2.75) is 38.4 Å². The van der Waals surface area contributed by atoms with Crippen LogP contribution in [-0.2, 0) is 15.8 Å². The van der Waals surface area contributed by atoms with E-state index in [4.69, 9.17) is 0 Å². The number of amides is 2. The van der Waals surface area contributed by atoms with Gasteiger partial charge in [-0.1, -0.05) is 6.07 Å². The van der Waals surface area contributed by atoms with Crippen molar-refractivity contribution >= 4 is 22.7 Å². The number of hydrogen-bond acceptors (Lipinski definition) is 4. The van der Waals surface area contributed by atoms with Gasteiger partial charge in [-0.15, -0.1) is 0 Å². The molecule has 1 aliphatic heterocycles. The standard InChI is InChI=1S/C16H14F3N3O3/c1-8-20-13-9(4-2-5-10(13)16(17,18)19)15(25)22(8)11-6-3-7-12(23)21-14(11)24/h2,4-5,11H,3,6-7H2,1H3,(H,21,23,24). The first kappa shape index (κ1) is 17.1. The van der Waals surface area contributed by atoms with Gasteiger partial charge >= 0.3 is 6.18 Å². The van der Waals surface area contributed by atoms with Crippen molar-refractivity contribution in [3.63, 3.8) is 0 Å². The molecule has 0 saturated carbocycles. The number of fused-ring (bicyclic) bond motifs is 1. The number of rotatable bonds is 1. The fourth-order valence-corrected chi connectivity index (χ4v) is 3.04. The van der Waals surface area contributed by atoms with Crippen molar-refractivity contribution in [3.8, 4) is 0 Å². The normalized spacial score (nSPS) is 19.0. The molecule has 1 unspecified atom stereocenters. The Morgan fingerprint density at radius 3 is 2.64 bits per heavy atom. The third-order valence-electron chi connectivity index (χ3n) is 4.17. The molecule has 1 saturated heterocycles. The fraction of sp³-hybridized carbons (Fsp3) is 0.375. The molecule has 9 heteroatoms.